The van der Waals surface area contributed by atoms with Crippen LogP contribution in [0.4, 0.5) is 5.69 Å². The van der Waals surface area contributed by atoms with Crippen molar-refractivity contribution in [1.82, 2.24) is 5.32 Å². The highest BCUT2D eigenvalue weighted by molar-refractivity contribution is 7.92. The number of fused-ring (bicyclic) bond motifs is 1. The van der Waals surface area contributed by atoms with Crippen molar-refractivity contribution in [3.05, 3.63) is 58.4 Å². The Hall–Kier alpha value is -2.09. The maximum absolute atomic E-state index is 12.8. The van der Waals surface area contributed by atoms with Crippen LogP contribution in [0.3, 0.4) is 0 Å². The zero-order valence-corrected chi connectivity index (χ0v) is 17.5. The van der Waals surface area contributed by atoms with Gasteiger partial charge in [-0.3, -0.25) is 9.10 Å². The van der Waals surface area contributed by atoms with Gasteiger partial charge < -0.3 is 5.32 Å². The number of sulfonamides is 1. The monoisotopic (exact) mass is 422 g/mol. The quantitative estimate of drug-likeness (QED) is 0.657. The first-order chi connectivity index (χ1) is 12.7. The van der Waals surface area contributed by atoms with Crippen LogP contribution in [-0.2, 0) is 10.0 Å². The maximum Gasteiger partial charge on any atom is 0.264 e. The topological polar surface area (TPSA) is 66.5 Å². The zero-order chi connectivity index (χ0) is 19.8. The molecule has 0 unspecified atom stereocenters. The highest BCUT2D eigenvalue weighted by atomic mass is 35.5. The first-order valence-electron chi connectivity index (χ1n) is 8.27. The van der Waals surface area contributed by atoms with Gasteiger partial charge in [0, 0.05) is 22.8 Å². The highest BCUT2D eigenvalue weighted by Gasteiger charge is 2.22. The fourth-order valence-corrected chi connectivity index (χ4v) is 4.83. The molecule has 0 spiro atoms. The van der Waals surface area contributed by atoms with Crippen LogP contribution in [0.1, 0.15) is 23.5 Å². The average molecular weight is 423 g/mol. The molecular weight excluding hydrogens is 404 g/mol. The predicted octanol–water partition coefficient (Wildman–Crippen LogP) is 4.52. The molecule has 0 saturated heterocycles. The number of nitrogens with one attached hydrogen (secondary N) is 1. The molecule has 2 aromatic carbocycles. The summed E-state index contributed by atoms with van der Waals surface area (Å²) < 4.78 is 27.8. The molecule has 0 radical (unpaired) electrons. The van der Waals surface area contributed by atoms with Crippen molar-refractivity contribution in [2.24, 2.45) is 0 Å². The van der Waals surface area contributed by atoms with Crippen molar-refractivity contribution < 1.29 is 13.2 Å². The first-order valence-corrected chi connectivity index (χ1v) is 10.9. The molecule has 142 valence electrons. The lowest BCUT2D eigenvalue weighted by Gasteiger charge is -2.19. The minimum Gasteiger partial charge on any atom is -0.349 e. The van der Waals surface area contributed by atoms with Gasteiger partial charge in [0.05, 0.1) is 15.5 Å². The van der Waals surface area contributed by atoms with E-state index in [9.17, 15) is 13.2 Å². The van der Waals surface area contributed by atoms with E-state index < -0.39 is 10.0 Å². The summed E-state index contributed by atoms with van der Waals surface area (Å²) in [7, 11) is -2.20. The van der Waals surface area contributed by atoms with Gasteiger partial charge in [-0.25, -0.2) is 8.42 Å². The van der Waals surface area contributed by atoms with Gasteiger partial charge in [-0.15, -0.1) is 11.3 Å². The SMILES string of the molecule is CC(C)NC(=O)c1cc2cc(N(C)S(=O)(=O)c3ccc(Cl)cc3)ccc2s1. The first kappa shape index (κ1) is 19.7. The molecule has 0 bridgehead atoms. The second kappa shape index (κ2) is 7.50. The molecule has 8 heteroatoms. The van der Waals surface area contributed by atoms with Crippen LogP contribution < -0.4 is 9.62 Å². The highest BCUT2D eigenvalue weighted by Crippen LogP contribution is 2.31. The number of rotatable bonds is 5. The van der Waals surface area contributed by atoms with Crippen LogP contribution in [0.15, 0.2) is 53.4 Å². The Balaban J connectivity index is 1.94. The van der Waals surface area contributed by atoms with Crippen LogP contribution in [-0.4, -0.2) is 27.4 Å². The van der Waals surface area contributed by atoms with E-state index in [4.69, 9.17) is 11.6 Å². The number of benzene rings is 2. The Morgan fingerprint density at radius 2 is 1.78 bits per heavy atom. The molecule has 0 aliphatic rings. The molecule has 5 nitrogen and oxygen atoms in total. The summed E-state index contributed by atoms with van der Waals surface area (Å²) in [5.74, 6) is -0.130. The summed E-state index contributed by atoms with van der Waals surface area (Å²) in [5, 5.41) is 4.16. The van der Waals surface area contributed by atoms with Crippen molar-refractivity contribution in [3.8, 4) is 0 Å². The van der Waals surface area contributed by atoms with Gasteiger partial charge in [0.25, 0.3) is 15.9 Å². The van der Waals surface area contributed by atoms with E-state index in [0.29, 0.717) is 15.6 Å². The van der Waals surface area contributed by atoms with Crippen molar-refractivity contribution in [1.29, 1.82) is 0 Å². The van der Waals surface area contributed by atoms with Gasteiger partial charge in [-0.05, 0) is 67.8 Å². The number of anilines is 1. The number of hydrogen-bond acceptors (Lipinski definition) is 4. The molecule has 3 rings (SSSR count). The van der Waals surface area contributed by atoms with Gasteiger partial charge >= 0.3 is 0 Å². The minimum absolute atomic E-state index is 0.0499. The molecule has 0 aliphatic carbocycles. The van der Waals surface area contributed by atoms with Gasteiger partial charge in [0.2, 0.25) is 0 Å². The smallest absolute Gasteiger partial charge is 0.264 e. The summed E-state index contributed by atoms with van der Waals surface area (Å²) in [6.07, 6.45) is 0. The van der Waals surface area contributed by atoms with Crippen LogP contribution in [0.5, 0.6) is 0 Å². The fourth-order valence-electron chi connectivity index (χ4n) is 2.58. The molecular formula is C19H19ClN2O3S2. The molecule has 0 atom stereocenters. The number of halogens is 1. The van der Waals surface area contributed by atoms with Crippen LogP contribution >= 0.6 is 22.9 Å². The largest absolute Gasteiger partial charge is 0.349 e. The number of nitrogens with zero attached hydrogens (tertiary/aromatic N) is 1. The van der Waals surface area contributed by atoms with Crippen molar-refractivity contribution in [2.45, 2.75) is 24.8 Å². The molecule has 1 N–H and O–H groups in total. The van der Waals surface area contributed by atoms with E-state index in [0.717, 1.165) is 10.1 Å². The minimum atomic E-state index is -3.70. The van der Waals surface area contributed by atoms with Gasteiger partial charge in [0.15, 0.2) is 0 Å². The Kier molecular flexibility index (Phi) is 5.46. The second-order valence-electron chi connectivity index (χ2n) is 6.39. The molecule has 1 amide bonds. The van der Waals surface area contributed by atoms with E-state index in [2.05, 4.69) is 5.32 Å². The summed E-state index contributed by atoms with van der Waals surface area (Å²) in [6, 6.07) is 13.2. The van der Waals surface area contributed by atoms with Crippen molar-refractivity contribution in [3.63, 3.8) is 0 Å². The van der Waals surface area contributed by atoms with E-state index >= 15 is 0 Å². The normalized spacial score (nSPS) is 11.7. The summed E-state index contributed by atoms with van der Waals surface area (Å²) in [4.78, 5) is 13.0. The third-order valence-electron chi connectivity index (χ3n) is 3.98. The van der Waals surface area contributed by atoms with Crippen molar-refractivity contribution in [2.75, 3.05) is 11.4 Å². The lowest BCUT2D eigenvalue weighted by molar-refractivity contribution is 0.0947. The van der Waals surface area contributed by atoms with Crippen LogP contribution in [0.25, 0.3) is 10.1 Å². The van der Waals surface area contributed by atoms with E-state index in [1.54, 1.807) is 30.3 Å². The molecule has 0 fully saturated rings. The summed E-state index contributed by atoms with van der Waals surface area (Å²) in [5.41, 5.74) is 0.520. The summed E-state index contributed by atoms with van der Waals surface area (Å²) >= 11 is 7.22. The van der Waals surface area contributed by atoms with E-state index in [1.807, 2.05) is 19.9 Å². The summed E-state index contributed by atoms with van der Waals surface area (Å²) in [6.45, 7) is 3.81. The third-order valence-corrected chi connectivity index (χ3v) is 7.15. The second-order valence-corrected chi connectivity index (χ2v) is 9.88. The molecule has 3 aromatic rings. The average Bonchev–Trinajstić information content (AvgIpc) is 3.04. The van der Waals surface area contributed by atoms with E-state index in [-0.39, 0.29) is 16.8 Å². The number of thiophene rings is 1. The third kappa shape index (κ3) is 4.10. The van der Waals surface area contributed by atoms with Crippen molar-refractivity contribution >= 4 is 54.6 Å². The Morgan fingerprint density at radius 3 is 2.41 bits per heavy atom. The maximum atomic E-state index is 12.8. The Morgan fingerprint density at radius 1 is 1.11 bits per heavy atom. The van der Waals surface area contributed by atoms with Crippen LogP contribution in [0, 0.1) is 0 Å². The zero-order valence-electron chi connectivity index (χ0n) is 15.1. The lowest BCUT2D eigenvalue weighted by Crippen LogP contribution is -2.29. The molecule has 0 saturated carbocycles. The predicted molar refractivity (Wildman–Crippen MR) is 111 cm³/mol. The lowest BCUT2D eigenvalue weighted by atomic mass is 10.2. The number of amides is 1. The van der Waals surface area contributed by atoms with Gasteiger partial charge in [0.1, 0.15) is 0 Å². The van der Waals surface area contributed by atoms with Crippen LogP contribution in [0.2, 0.25) is 5.02 Å². The number of carbonyl (C=O) groups excluding carboxylic acids is 1. The molecule has 1 heterocycles. The molecule has 27 heavy (non-hydrogen) atoms. The standard InChI is InChI=1S/C19H19ClN2O3S2/c1-12(2)21-19(23)18-11-13-10-15(6-9-17(13)26-18)22(3)27(24,25)16-7-4-14(20)5-8-16/h4-12H,1-3H3,(H,21,23). The Labute approximate surface area is 167 Å². The van der Waals surface area contributed by atoms with Gasteiger partial charge in [-0.1, -0.05) is 11.6 Å². The fraction of sp³-hybridized carbons (Fsp3) is 0.211. The molecule has 1 aromatic heterocycles. The molecule has 0 aliphatic heterocycles. The number of carbonyl (C=O) groups is 1. The van der Waals surface area contributed by atoms with E-state index in [1.165, 1.54) is 34.8 Å². The number of hydrogen-bond donors (Lipinski definition) is 1. The Bertz CT molecular complexity index is 1090. The van der Waals surface area contributed by atoms with Gasteiger partial charge in [-0.2, -0.15) is 0 Å².